The van der Waals surface area contributed by atoms with Gasteiger partial charge in [-0.15, -0.1) is 0 Å². The number of carboxylic acids is 1. The van der Waals surface area contributed by atoms with E-state index in [4.69, 9.17) is 9.90 Å². The molecule has 0 aromatic carbocycles. The van der Waals surface area contributed by atoms with Crippen molar-refractivity contribution in [2.24, 2.45) is 0 Å². The molecule has 0 aliphatic heterocycles. The molecule has 0 aromatic rings. The SMILES string of the molecule is CC(=O)O.CCCSCCC.O.[CaH2]. The second-order valence-corrected chi connectivity index (χ2v) is 3.36. The zero-order valence-corrected chi connectivity index (χ0v) is 8.91. The van der Waals surface area contributed by atoms with Crippen molar-refractivity contribution in [3.05, 3.63) is 0 Å². The van der Waals surface area contributed by atoms with Gasteiger partial charge in [-0.25, -0.2) is 0 Å². The normalized spacial score (nSPS) is 7.00. The summed E-state index contributed by atoms with van der Waals surface area (Å²) in [6.45, 7) is 5.53. The summed E-state index contributed by atoms with van der Waals surface area (Å²) in [5, 5.41) is 7.42. The predicted molar refractivity (Wildman–Crippen MR) is 63.4 cm³/mol. The van der Waals surface area contributed by atoms with Crippen molar-refractivity contribution in [2.45, 2.75) is 33.6 Å². The van der Waals surface area contributed by atoms with E-state index in [2.05, 4.69) is 25.6 Å². The van der Waals surface area contributed by atoms with Crippen LogP contribution >= 0.6 is 11.8 Å². The fraction of sp³-hybridized carbons (Fsp3) is 0.875. The quantitative estimate of drug-likeness (QED) is 0.584. The van der Waals surface area contributed by atoms with Gasteiger partial charge in [0.1, 0.15) is 0 Å². The minimum absolute atomic E-state index is 0. The van der Waals surface area contributed by atoms with Gasteiger partial charge in [0.15, 0.2) is 0 Å². The van der Waals surface area contributed by atoms with Crippen LogP contribution in [-0.2, 0) is 4.79 Å². The molecule has 5 heteroatoms. The number of hydrogen-bond acceptors (Lipinski definition) is 2. The zero-order chi connectivity index (χ0) is 9.11. The molecule has 13 heavy (non-hydrogen) atoms. The van der Waals surface area contributed by atoms with E-state index in [1.54, 1.807) is 0 Å². The van der Waals surface area contributed by atoms with Crippen molar-refractivity contribution in [1.82, 2.24) is 0 Å². The molecule has 0 aliphatic carbocycles. The minimum atomic E-state index is -0.833. The molecule has 0 aromatic heterocycles. The fourth-order valence-corrected chi connectivity index (χ4v) is 1.17. The van der Waals surface area contributed by atoms with Crippen LogP contribution in [0.4, 0.5) is 0 Å². The summed E-state index contributed by atoms with van der Waals surface area (Å²) in [6, 6.07) is 0. The van der Waals surface area contributed by atoms with Gasteiger partial charge in [-0.05, 0) is 24.3 Å². The Morgan fingerprint density at radius 3 is 1.62 bits per heavy atom. The molecule has 0 fully saturated rings. The fourth-order valence-electron chi connectivity index (χ4n) is 0.391. The summed E-state index contributed by atoms with van der Waals surface area (Å²) >= 11 is 2.05. The molecule has 3 nitrogen and oxygen atoms in total. The molecule has 80 valence electrons. The van der Waals surface area contributed by atoms with Gasteiger partial charge in [0.05, 0.1) is 0 Å². The van der Waals surface area contributed by atoms with Crippen molar-refractivity contribution in [1.29, 1.82) is 0 Å². The maximum atomic E-state index is 9.00. The van der Waals surface area contributed by atoms with E-state index in [-0.39, 0.29) is 43.2 Å². The van der Waals surface area contributed by atoms with Crippen molar-refractivity contribution in [3.63, 3.8) is 0 Å². The van der Waals surface area contributed by atoms with Crippen LogP contribution in [0.15, 0.2) is 0 Å². The second-order valence-electron chi connectivity index (χ2n) is 2.13. The molecule has 0 spiro atoms. The third-order valence-corrected chi connectivity index (χ3v) is 2.09. The molecule has 0 saturated carbocycles. The average molecular weight is 238 g/mol. The Labute approximate surface area is 115 Å². The van der Waals surface area contributed by atoms with E-state index in [0.29, 0.717) is 0 Å². The van der Waals surface area contributed by atoms with E-state index < -0.39 is 5.97 Å². The van der Waals surface area contributed by atoms with Crippen LogP contribution in [-0.4, -0.2) is 65.8 Å². The van der Waals surface area contributed by atoms with Crippen molar-refractivity contribution >= 4 is 55.5 Å². The monoisotopic (exact) mass is 238 g/mol. The molecule has 0 amide bonds. The Balaban J connectivity index is -0.0000000600. The first-order chi connectivity index (χ1) is 5.15. The van der Waals surface area contributed by atoms with Gasteiger partial charge in [-0.1, -0.05) is 13.8 Å². The van der Waals surface area contributed by atoms with Crippen LogP contribution in [0.5, 0.6) is 0 Å². The second kappa shape index (κ2) is 23.1. The topological polar surface area (TPSA) is 68.8 Å². The first-order valence-corrected chi connectivity index (χ1v) is 5.07. The number of carbonyl (C=O) groups is 1. The molecule has 0 radical (unpaired) electrons. The molecule has 0 heterocycles. The van der Waals surface area contributed by atoms with E-state index in [1.165, 1.54) is 24.3 Å². The van der Waals surface area contributed by atoms with Crippen molar-refractivity contribution in [3.8, 4) is 0 Å². The predicted octanol–water partition coefficient (Wildman–Crippen LogP) is 0.890. The van der Waals surface area contributed by atoms with E-state index in [0.717, 1.165) is 6.92 Å². The van der Waals surface area contributed by atoms with Gasteiger partial charge >= 0.3 is 37.7 Å². The van der Waals surface area contributed by atoms with E-state index in [9.17, 15) is 0 Å². The van der Waals surface area contributed by atoms with Crippen LogP contribution < -0.4 is 0 Å². The van der Waals surface area contributed by atoms with Crippen molar-refractivity contribution in [2.75, 3.05) is 11.5 Å². The maximum absolute atomic E-state index is 9.00. The first kappa shape index (κ1) is 23.7. The Morgan fingerprint density at radius 2 is 1.46 bits per heavy atom. The Kier molecular flexibility index (Phi) is 42.1. The van der Waals surface area contributed by atoms with Crippen LogP contribution in [0.2, 0.25) is 0 Å². The van der Waals surface area contributed by atoms with Crippen LogP contribution in [0.25, 0.3) is 0 Å². The van der Waals surface area contributed by atoms with Crippen LogP contribution in [0.1, 0.15) is 33.6 Å². The average Bonchev–Trinajstić information content (AvgIpc) is 1.88. The number of carboxylic acid groups (broad SMARTS) is 1. The van der Waals surface area contributed by atoms with E-state index in [1.807, 2.05) is 0 Å². The van der Waals surface area contributed by atoms with Gasteiger partial charge in [-0.3, -0.25) is 4.79 Å². The first-order valence-electron chi connectivity index (χ1n) is 3.92. The summed E-state index contributed by atoms with van der Waals surface area (Å²) < 4.78 is 0. The third kappa shape index (κ3) is 62.6. The molecule has 0 unspecified atom stereocenters. The molecular formula is C8H22CaO3S. The van der Waals surface area contributed by atoms with Gasteiger partial charge in [0.25, 0.3) is 5.97 Å². The van der Waals surface area contributed by atoms with E-state index >= 15 is 0 Å². The number of thioether (sulfide) groups is 1. The summed E-state index contributed by atoms with van der Waals surface area (Å²) in [6.07, 6.45) is 2.65. The number of rotatable bonds is 4. The molecule has 0 saturated heterocycles. The Morgan fingerprint density at radius 1 is 1.23 bits per heavy atom. The van der Waals surface area contributed by atoms with Crippen LogP contribution in [0.3, 0.4) is 0 Å². The summed E-state index contributed by atoms with van der Waals surface area (Å²) in [5.41, 5.74) is 0. The van der Waals surface area contributed by atoms with Crippen molar-refractivity contribution < 1.29 is 15.4 Å². The zero-order valence-electron chi connectivity index (χ0n) is 8.09. The van der Waals surface area contributed by atoms with Gasteiger partial charge in [0, 0.05) is 6.92 Å². The van der Waals surface area contributed by atoms with Gasteiger partial charge in [-0.2, -0.15) is 11.8 Å². The van der Waals surface area contributed by atoms with Gasteiger partial charge in [0.2, 0.25) is 0 Å². The van der Waals surface area contributed by atoms with Crippen LogP contribution in [0, 0.1) is 0 Å². The molecule has 0 bridgehead atoms. The Hall–Kier alpha value is 1.04. The third-order valence-electron chi connectivity index (χ3n) is 0.697. The number of aliphatic carboxylic acids is 1. The Bertz CT molecular complexity index is 83.5. The molecule has 3 N–H and O–H groups in total. The number of hydrogen-bond donors (Lipinski definition) is 1. The molecular weight excluding hydrogens is 216 g/mol. The molecule has 0 rings (SSSR count). The molecule has 0 atom stereocenters. The summed E-state index contributed by atoms with van der Waals surface area (Å²) in [5.74, 6) is 1.85. The summed E-state index contributed by atoms with van der Waals surface area (Å²) in [4.78, 5) is 9.00. The van der Waals surface area contributed by atoms with Gasteiger partial charge < -0.3 is 10.6 Å². The standard InChI is InChI=1S/C6H14S.C2H4O2.Ca.H2O.2H/c1-3-5-7-6-4-2;1-2(3)4;;;;/h3-6H2,1-2H3;1H3,(H,3,4);;1H2;;. The summed E-state index contributed by atoms with van der Waals surface area (Å²) in [7, 11) is 0. The molecule has 0 aliphatic rings.